The lowest BCUT2D eigenvalue weighted by Gasteiger charge is -2.41. The molecule has 2 saturated carbocycles. The van der Waals surface area contributed by atoms with Gasteiger partial charge in [-0.05, 0) is 37.0 Å². The Balaban J connectivity index is 1.57. The molecule has 0 saturated heterocycles. The molecular formula is C15H29NO. The van der Waals surface area contributed by atoms with Gasteiger partial charge in [0.2, 0.25) is 0 Å². The van der Waals surface area contributed by atoms with Crippen LogP contribution in [0.25, 0.3) is 0 Å². The normalized spacial score (nSPS) is 25.8. The maximum Gasteiger partial charge on any atom is 0.0667 e. The molecule has 2 rings (SSSR count). The van der Waals surface area contributed by atoms with Gasteiger partial charge in [0.25, 0.3) is 0 Å². The van der Waals surface area contributed by atoms with Gasteiger partial charge in [0.05, 0.1) is 6.10 Å². The molecule has 2 nitrogen and oxygen atoms in total. The minimum atomic E-state index is -0.118. The zero-order valence-corrected chi connectivity index (χ0v) is 11.4. The van der Waals surface area contributed by atoms with Gasteiger partial charge in [0, 0.05) is 13.1 Å². The van der Waals surface area contributed by atoms with Crippen LogP contribution in [-0.4, -0.2) is 24.3 Å². The van der Waals surface area contributed by atoms with Gasteiger partial charge in [0.1, 0.15) is 0 Å². The Labute approximate surface area is 106 Å². The van der Waals surface area contributed by atoms with E-state index in [-0.39, 0.29) is 6.10 Å². The van der Waals surface area contributed by atoms with E-state index in [1.807, 2.05) is 0 Å². The highest BCUT2D eigenvalue weighted by Gasteiger charge is 2.34. The minimum Gasteiger partial charge on any atom is -0.392 e. The van der Waals surface area contributed by atoms with E-state index < -0.39 is 0 Å². The molecule has 0 amide bonds. The Hall–Kier alpha value is -0.0800. The number of hydrogen-bond donors (Lipinski definition) is 2. The maximum absolute atomic E-state index is 10.0. The van der Waals surface area contributed by atoms with E-state index in [0.29, 0.717) is 5.41 Å². The molecule has 2 aliphatic rings. The third-order valence-corrected chi connectivity index (χ3v) is 5.12. The summed E-state index contributed by atoms with van der Waals surface area (Å²) in [6.07, 6.45) is 11.8. The minimum absolute atomic E-state index is 0.118. The summed E-state index contributed by atoms with van der Waals surface area (Å²) >= 11 is 0. The van der Waals surface area contributed by atoms with Crippen LogP contribution in [0.4, 0.5) is 0 Å². The van der Waals surface area contributed by atoms with Gasteiger partial charge in [-0.15, -0.1) is 0 Å². The van der Waals surface area contributed by atoms with Gasteiger partial charge < -0.3 is 10.4 Å². The molecule has 2 heteroatoms. The van der Waals surface area contributed by atoms with Gasteiger partial charge >= 0.3 is 0 Å². The Kier molecular flexibility index (Phi) is 4.87. The average molecular weight is 239 g/mol. The van der Waals surface area contributed by atoms with Gasteiger partial charge in [-0.2, -0.15) is 0 Å². The third-order valence-electron chi connectivity index (χ3n) is 5.12. The fourth-order valence-corrected chi connectivity index (χ4v) is 3.55. The Morgan fingerprint density at radius 3 is 2.47 bits per heavy atom. The molecule has 0 aliphatic heterocycles. The van der Waals surface area contributed by atoms with Crippen LogP contribution in [0.2, 0.25) is 0 Å². The van der Waals surface area contributed by atoms with Crippen molar-refractivity contribution in [3.8, 4) is 0 Å². The van der Waals surface area contributed by atoms with Crippen molar-refractivity contribution < 1.29 is 5.11 Å². The van der Waals surface area contributed by atoms with Crippen LogP contribution in [0, 0.1) is 11.3 Å². The molecule has 2 N–H and O–H groups in total. The summed E-state index contributed by atoms with van der Waals surface area (Å²) < 4.78 is 0. The predicted molar refractivity (Wildman–Crippen MR) is 72.0 cm³/mol. The highest BCUT2D eigenvalue weighted by molar-refractivity contribution is 4.88. The van der Waals surface area contributed by atoms with Crippen molar-refractivity contribution in [1.82, 2.24) is 5.32 Å². The van der Waals surface area contributed by atoms with Crippen LogP contribution in [0.15, 0.2) is 0 Å². The predicted octanol–water partition coefficient (Wildman–Crippen LogP) is 3.10. The van der Waals surface area contributed by atoms with E-state index >= 15 is 0 Å². The van der Waals surface area contributed by atoms with E-state index in [1.165, 1.54) is 51.4 Å². The molecule has 2 aliphatic carbocycles. The van der Waals surface area contributed by atoms with Crippen LogP contribution in [0.3, 0.4) is 0 Å². The molecule has 100 valence electrons. The van der Waals surface area contributed by atoms with Crippen LogP contribution in [-0.2, 0) is 0 Å². The first-order valence-electron chi connectivity index (χ1n) is 7.63. The molecular weight excluding hydrogens is 210 g/mol. The zero-order valence-electron chi connectivity index (χ0n) is 11.4. The standard InChI is InChI=1S/C15H29NO/c1-2-15(8-5-9-15)12-16-11-14(17)10-13-6-3-4-7-13/h13-14,16-17H,2-12H2,1H3. The topological polar surface area (TPSA) is 32.3 Å². The second-order valence-electron chi connectivity index (χ2n) is 6.38. The fourth-order valence-electron chi connectivity index (χ4n) is 3.55. The SMILES string of the molecule is CCC1(CNCC(O)CC2CCCC2)CCC1. The Morgan fingerprint density at radius 1 is 1.24 bits per heavy atom. The van der Waals surface area contributed by atoms with Crippen LogP contribution in [0.5, 0.6) is 0 Å². The molecule has 0 spiro atoms. The Morgan fingerprint density at radius 2 is 1.94 bits per heavy atom. The molecule has 2 fully saturated rings. The molecule has 0 heterocycles. The van der Waals surface area contributed by atoms with Crippen LogP contribution in [0.1, 0.15) is 64.7 Å². The quantitative estimate of drug-likeness (QED) is 0.715. The van der Waals surface area contributed by atoms with Crippen molar-refractivity contribution in [3.05, 3.63) is 0 Å². The van der Waals surface area contributed by atoms with Crippen molar-refractivity contribution >= 4 is 0 Å². The molecule has 0 aromatic heterocycles. The van der Waals surface area contributed by atoms with Crippen molar-refractivity contribution in [2.75, 3.05) is 13.1 Å². The van der Waals surface area contributed by atoms with Crippen LogP contribution < -0.4 is 5.32 Å². The first-order valence-corrected chi connectivity index (χ1v) is 7.63. The summed E-state index contributed by atoms with van der Waals surface area (Å²) in [5, 5.41) is 13.5. The fraction of sp³-hybridized carbons (Fsp3) is 1.00. The summed E-state index contributed by atoms with van der Waals surface area (Å²) in [6.45, 7) is 4.22. The first-order chi connectivity index (χ1) is 8.24. The number of hydrogen-bond acceptors (Lipinski definition) is 2. The van der Waals surface area contributed by atoms with E-state index in [4.69, 9.17) is 0 Å². The summed E-state index contributed by atoms with van der Waals surface area (Å²) in [7, 11) is 0. The molecule has 0 aromatic carbocycles. The highest BCUT2D eigenvalue weighted by Crippen LogP contribution is 2.43. The van der Waals surface area contributed by atoms with E-state index in [2.05, 4.69) is 12.2 Å². The lowest BCUT2D eigenvalue weighted by Crippen LogP contribution is -2.42. The number of rotatable bonds is 7. The number of aliphatic hydroxyl groups excluding tert-OH is 1. The molecule has 0 bridgehead atoms. The van der Waals surface area contributed by atoms with Gasteiger partial charge in [0.15, 0.2) is 0 Å². The summed E-state index contributed by atoms with van der Waals surface area (Å²) in [5.74, 6) is 0.802. The lowest BCUT2D eigenvalue weighted by atomic mass is 9.67. The maximum atomic E-state index is 10.0. The van der Waals surface area contributed by atoms with Gasteiger partial charge in [-0.1, -0.05) is 39.0 Å². The van der Waals surface area contributed by atoms with E-state index in [9.17, 15) is 5.11 Å². The second kappa shape index (κ2) is 6.19. The largest absolute Gasteiger partial charge is 0.392 e. The summed E-state index contributed by atoms with van der Waals surface area (Å²) in [6, 6.07) is 0. The van der Waals surface area contributed by atoms with Crippen LogP contribution >= 0.6 is 0 Å². The molecule has 1 atom stereocenters. The third kappa shape index (κ3) is 3.69. The lowest BCUT2D eigenvalue weighted by molar-refractivity contribution is 0.102. The number of aliphatic hydroxyl groups is 1. The Bertz CT molecular complexity index is 213. The van der Waals surface area contributed by atoms with Crippen molar-refractivity contribution in [2.24, 2.45) is 11.3 Å². The first kappa shape index (κ1) is 13.4. The van der Waals surface area contributed by atoms with Gasteiger partial charge in [-0.25, -0.2) is 0 Å². The van der Waals surface area contributed by atoms with Crippen molar-refractivity contribution in [2.45, 2.75) is 70.8 Å². The smallest absolute Gasteiger partial charge is 0.0667 e. The molecule has 0 aromatic rings. The van der Waals surface area contributed by atoms with E-state index in [0.717, 1.165) is 25.4 Å². The van der Waals surface area contributed by atoms with Crippen molar-refractivity contribution in [3.63, 3.8) is 0 Å². The van der Waals surface area contributed by atoms with E-state index in [1.54, 1.807) is 0 Å². The number of nitrogens with one attached hydrogen (secondary N) is 1. The zero-order chi connectivity index (χ0) is 12.1. The highest BCUT2D eigenvalue weighted by atomic mass is 16.3. The summed E-state index contributed by atoms with van der Waals surface area (Å²) in [4.78, 5) is 0. The monoisotopic (exact) mass is 239 g/mol. The molecule has 1 unspecified atom stereocenters. The molecule has 17 heavy (non-hydrogen) atoms. The molecule has 0 radical (unpaired) electrons. The average Bonchev–Trinajstić information content (AvgIpc) is 2.75. The second-order valence-corrected chi connectivity index (χ2v) is 6.38. The van der Waals surface area contributed by atoms with Crippen molar-refractivity contribution in [1.29, 1.82) is 0 Å². The van der Waals surface area contributed by atoms with Gasteiger partial charge in [-0.3, -0.25) is 0 Å². The summed E-state index contributed by atoms with van der Waals surface area (Å²) in [5.41, 5.74) is 0.576.